The number of aromatic nitrogens is 1. The summed E-state index contributed by atoms with van der Waals surface area (Å²) in [7, 11) is 1.61. The Morgan fingerprint density at radius 1 is 1.19 bits per heavy atom. The van der Waals surface area contributed by atoms with E-state index < -0.39 is 0 Å². The largest absolute Gasteiger partial charge is 0.496 e. The molecule has 0 radical (unpaired) electrons. The van der Waals surface area contributed by atoms with Gasteiger partial charge in [0.1, 0.15) is 11.6 Å². The monoisotopic (exact) mass is 371 g/mol. The van der Waals surface area contributed by atoms with Gasteiger partial charge >= 0.3 is 0 Å². The van der Waals surface area contributed by atoms with Crippen LogP contribution < -0.4 is 4.74 Å². The molecule has 0 spiro atoms. The molecular weight excluding hydrogens is 341 g/mol. The lowest BCUT2D eigenvalue weighted by atomic mass is 10.0. The van der Waals surface area contributed by atoms with Gasteiger partial charge in [-0.25, -0.2) is 4.39 Å². The van der Waals surface area contributed by atoms with E-state index in [2.05, 4.69) is 27.8 Å². The van der Waals surface area contributed by atoms with Crippen LogP contribution in [0.25, 0.3) is 0 Å². The Morgan fingerprint density at radius 2 is 2.00 bits per heavy atom. The number of hydrogen-bond acceptors (Lipinski definition) is 4. The number of rotatable bonds is 8. The maximum atomic E-state index is 14.5. The molecule has 0 bridgehead atoms. The van der Waals surface area contributed by atoms with E-state index in [-0.39, 0.29) is 5.82 Å². The first-order valence-corrected chi connectivity index (χ1v) is 9.89. The molecule has 27 heavy (non-hydrogen) atoms. The minimum Gasteiger partial charge on any atom is -0.496 e. The van der Waals surface area contributed by atoms with Gasteiger partial charge in [0.15, 0.2) is 0 Å². The second-order valence-corrected chi connectivity index (χ2v) is 7.13. The summed E-state index contributed by atoms with van der Waals surface area (Å²) in [5.41, 5.74) is 1.73. The Morgan fingerprint density at radius 3 is 2.67 bits per heavy atom. The number of hydrogen-bond donors (Lipinski definition) is 0. The van der Waals surface area contributed by atoms with Crippen molar-refractivity contribution in [1.82, 2.24) is 14.8 Å². The van der Waals surface area contributed by atoms with Crippen LogP contribution >= 0.6 is 0 Å². The van der Waals surface area contributed by atoms with Gasteiger partial charge in [-0.1, -0.05) is 19.1 Å². The molecule has 3 rings (SSSR count). The summed E-state index contributed by atoms with van der Waals surface area (Å²) in [6.07, 6.45) is 4.94. The van der Waals surface area contributed by atoms with Crippen LogP contribution in [-0.2, 0) is 13.0 Å². The number of piperidine rings is 1. The Labute approximate surface area is 162 Å². The van der Waals surface area contributed by atoms with Gasteiger partial charge in [-0.3, -0.25) is 9.88 Å². The van der Waals surface area contributed by atoms with Crippen LogP contribution in [0.3, 0.4) is 0 Å². The number of methoxy groups -OCH3 is 1. The average molecular weight is 372 g/mol. The van der Waals surface area contributed by atoms with E-state index in [9.17, 15) is 4.39 Å². The van der Waals surface area contributed by atoms with Crippen LogP contribution in [0.15, 0.2) is 42.6 Å². The Bertz CT molecular complexity index is 702. The number of pyridine rings is 1. The van der Waals surface area contributed by atoms with Crippen molar-refractivity contribution in [3.8, 4) is 5.75 Å². The third kappa shape index (κ3) is 5.27. The summed E-state index contributed by atoms with van der Waals surface area (Å²) in [6.45, 7) is 6.96. The summed E-state index contributed by atoms with van der Waals surface area (Å²) >= 11 is 0. The molecule has 2 heterocycles. The first-order valence-electron chi connectivity index (χ1n) is 9.89. The number of nitrogens with zero attached hydrogens (tertiary/aromatic N) is 3. The van der Waals surface area contributed by atoms with E-state index in [0.29, 0.717) is 23.9 Å². The molecule has 5 heteroatoms. The molecule has 0 atom stereocenters. The van der Waals surface area contributed by atoms with Crippen molar-refractivity contribution in [3.05, 3.63) is 59.7 Å². The minimum atomic E-state index is -0.191. The molecule has 0 N–H and O–H groups in total. The number of halogens is 1. The van der Waals surface area contributed by atoms with Crippen molar-refractivity contribution in [2.24, 2.45) is 0 Å². The maximum absolute atomic E-state index is 14.5. The fourth-order valence-electron chi connectivity index (χ4n) is 3.88. The van der Waals surface area contributed by atoms with Gasteiger partial charge in [0.2, 0.25) is 0 Å². The smallest absolute Gasteiger partial charge is 0.131 e. The van der Waals surface area contributed by atoms with Gasteiger partial charge in [-0.05, 0) is 56.7 Å². The summed E-state index contributed by atoms with van der Waals surface area (Å²) in [5.74, 6) is 0.437. The molecule has 146 valence electrons. The van der Waals surface area contributed by atoms with Gasteiger partial charge in [0.25, 0.3) is 0 Å². The molecule has 0 unspecified atom stereocenters. The van der Waals surface area contributed by atoms with E-state index >= 15 is 0 Å². The Kier molecular flexibility index (Phi) is 7.18. The van der Waals surface area contributed by atoms with Crippen LogP contribution in [0.5, 0.6) is 5.75 Å². The number of likely N-dealkylation sites (tertiary alicyclic amines) is 1. The van der Waals surface area contributed by atoms with E-state index in [1.807, 2.05) is 24.4 Å². The van der Waals surface area contributed by atoms with E-state index in [1.54, 1.807) is 13.2 Å². The van der Waals surface area contributed by atoms with Gasteiger partial charge in [0.05, 0.1) is 7.11 Å². The zero-order chi connectivity index (χ0) is 19.1. The summed E-state index contributed by atoms with van der Waals surface area (Å²) < 4.78 is 19.9. The van der Waals surface area contributed by atoms with Crippen LogP contribution in [0, 0.1) is 5.82 Å². The molecule has 1 aromatic heterocycles. The van der Waals surface area contributed by atoms with E-state index in [0.717, 1.165) is 51.1 Å². The third-order valence-corrected chi connectivity index (χ3v) is 5.56. The summed E-state index contributed by atoms with van der Waals surface area (Å²) in [4.78, 5) is 9.35. The second-order valence-electron chi connectivity index (χ2n) is 7.13. The zero-order valence-corrected chi connectivity index (χ0v) is 16.4. The van der Waals surface area contributed by atoms with Gasteiger partial charge in [-0.15, -0.1) is 0 Å². The lowest BCUT2D eigenvalue weighted by Gasteiger charge is -2.38. The van der Waals surface area contributed by atoms with Crippen molar-refractivity contribution in [1.29, 1.82) is 0 Å². The SMILES string of the molecule is CCN1CCC(N(CCc2ccccn2)Cc2c(F)cccc2OC)CC1. The summed E-state index contributed by atoms with van der Waals surface area (Å²) in [6, 6.07) is 11.5. The minimum absolute atomic E-state index is 0.191. The van der Waals surface area contributed by atoms with Gasteiger partial charge in [-0.2, -0.15) is 0 Å². The highest BCUT2D eigenvalue weighted by Gasteiger charge is 2.25. The van der Waals surface area contributed by atoms with Crippen LogP contribution in [0.4, 0.5) is 4.39 Å². The highest BCUT2D eigenvalue weighted by Crippen LogP contribution is 2.26. The number of benzene rings is 1. The van der Waals surface area contributed by atoms with Crippen molar-refractivity contribution < 1.29 is 9.13 Å². The average Bonchev–Trinajstić information content (AvgIpc) is 2.73. The Balaban J connectivity index is 1.75. The van der Waals surface area contributed by atoms with Gasteiger partial charge < -0.3 is 9.64 Å². The topological polar surface area (TPSA) is 28.6 Å². The molecule has 1 saturated heterocycles. The first kappa shape index (κ1) is 19.8. The van der Waals surface area contributed by atoms with Crippen molar-refractivity contribution in [2.75, 3.05) is 33.3 Å². The molecule has 0 aliphatic carbocycles. The standard InChI is InChI=1S/C22H30FN3O/c1-3-25-14-11-19(12-15-25)26(16-10-18-7-4-5-13-24-18)17-20-21(23)8-6-9-22(20)27-2/h4-9,13,19H,3,10-12,14-17H2,1-2H3. The first-order chi connectivity index (χ1) is 13.2. The number of ether oxygens (including phenoxy) is 1. The predicted octanol–water partition coefficient (Wildman–Crippen LogP) is 3.76. The molecule has 1 aromatic carbocycles. The highest BCUT2D eigenvalue weighted by molar-refractivity contribution is 5.34. The maximum Gasteiger partial charge on any atom is 0.131 e. The van der Waals surface area contributed by atoms with Crippen molar-refractivity contribution in [2.45, 2.75) is 38.8 Å². The molecule has 0 amide bonds. The van der Waals surface area contributed by atoms with Gasteiger partial charge in [0, 0.05) is 43.0 Å². The lowest BCUT2D eigenvalue weighted by molar-refractivity contribution is 0.104. The van der Waals surface area contributed by atoms with E-state index in [1.165, 1.54) is 6.07 Å². The molecule has 1 aliphatic heterocycles. The summed E-state index contributed by atoms with van der Waals surface area (Å²) in [5, 5.41) is 0. The quantitative estimate of drug-likeness (QED) is 0.706. The van der Waals surface area contributed by atoms with Crippen molar-refractivity contribution in [3.63, 3.8) is 0 Å². The second kappa shape index (κ2) is 9.81. The van der Waals surface area contributed by atoms with E-state index in [4.69, 9.17) is 4.74 Å². The van der Waals surface area contributed by atoms with Crippen LogP contribution in [0.2, 0.25) is 0 Å². The van der Waals surface area contributed by atoms with Crippen LogP contribution in [0.1, 0.15) is 31.0 Å². The Hall–Kier alpha value is -1.98. The highest BCUT2D eigenvalue weighted by atomic mass is 19.1. The fourth-order valence-corrected chi connectivity index (χ4v) is 3.88. The zero-order valence-electron chi connectivity index (χ0n) is 16.4. The molecule has 0 saturated carbocycles. The lowest BCUT2D eigenvalue weighted by Crippen LogP contribution is -2.45. The normalized spacial score (nSPS) is 16.0. The third-order valence-electron chi connectivity index (χ3n) is 5.56. The molecular formula is C22H30FN3O. The predicted molar refractivity (Wildman–Crippen MR) is 106 cm³/mol. The molecule has 1 aliphatic rings. The van der Waals surface area contributed by atoms with Crippen LogP contribution in [-0.4, -0.2) is 54.1 Å². The molecule has 1 fully saturated rings. The molecule has 4 nitrogen and oxygen atoms in total. The van der Waals surface area contributed by atoms with Crippen molar-refractivity contribution >= 4 is 0 Å². The fraction of sp³-hybridized carbons (Fsp3) is 0.500. The molecule has 2 aromatic rings.